The molecular weight excluding hydrogens is 328 g/mol. The second-order valence-corrected chi connectivity index (χ2v) is 6.13. The predicted molar refractivity (Wildman–Crippen MR) is 90.9 cm³/mol. The first kappa shape index (κ1) is 15.2. The Bertz CT molecular complexity index is 871. The molecule has 0 aliphatic carbocycles. The molecule has 3 aromatic rings. The number of furan rings is 1. The summed E-state index contributed by atoms with van der Waals surface area (Å²) in [4.78, 5) is 0. The Kier molecular flexibility index (Phi) is 4.00. The zero-order valence-corrected chi connectivity index (χ0v) is 14.0. The van der Waals surface area contributed by atoms with E-state index in [4.69, 9.17) is 20.8 Å². The molecular formula is C17H17ClN4O2. The smallest absolute Gasteiger partial charge is 0.159 e. The van der Waals surface area contributed by atoms with Crippen molar-refractivity contribution in [2.45, 2.75) is 26.6 Å². The lowest BCUT2D eigenvalue weighted by Gasteiger charge is -2.16. The SMILES string of the molecule is Cc1ccc(-c2ccc(Cl)cc2NCc2nnc3n2CCOC3)o1. The number of nitrogens with one attached hydrogen (secondary N) is 1. The van der Waals surface area contributed by atoms with E-state index in [1.165, 1.54) is 0 Å². The fraction of sp³-hybridized carbons (Fsp3) is 0.294. The lowest BCUT2D eigenvalue weighted by Crippen LogP contribution is -2.19. The highest BCUT2D eigenvalue weighted by Crippen LogP contribution is 2.32. The molecule has 6 nitrogen and oxygen atoms in total. The standard InChI is InChI=1S/C17H17ClN4O2/c1-11-2-5-15(24-11)13-4-3-12(18)8-14(13)19-9-16-20-21-17-10-23-7-6-22(16)17/h2-5,8,19H,6-7,9-10H2,1H3. The normalized spacial score (nSPS) is 13.8. The van der Waals surface area contributed by atoms with Crippen molar-refractivity contribution in [3.63, 3.8) is 0 Å². The van der Waals surface area contributed by atoms with Crippen LogP contribution in [-0.2, 0) is 24.4 Å². The van der Waals surface area contributed by atoms with E-state index in [1.54, 1.807) is 0 Å². The Morgan fingerprint density at radius 2 is 2.17 bits per heavy atom. The van der Waals surface area contributed by atoms with Crippen LogP contribution in [0.2, 0.25) is 5.02 Å². The molecule has 0 spiro atoms. The molecule has 0 radical (unpaired) electrons. The van der Waals surface area contributed by atoms with Crippen LogP contribution in [0, 0.1) is 6.92 Å². The number of aryl methyl sites for hydroxylation is 1. The van der Waals surface area contributed by atoms with Crippen LogP contribution in [0.15, 0.2) is 34.7 Å². The summed E-state index contributed by atoms with van der Waals surface area (Å²) in [5.41, 5.74) is 1.87. The highest BCUT2D eigenvalue weighted by molar-refractivity contribution is 6.31. The first-order chi connectivity index (χ1) is 11.7. The highest BCUT2D eigenvalue weighted by atomic mass is 35.5. The number of benzene rings is 1. The van der Waals surface area contributed by atoms with Gasteiger partial charge in [-0.05, 0) is 37.3 Å². The highest BCUT2D eigenvalue weighted by Gasteiger charge is 2.16. The van der Waals surface area contributed by atoms with Crippen LogP contribution in [0.4, 0.5) is 5.69 Å². The molecule has 0 bridgehead atoms. The van der Waals surface area contributed by atoms with Gasteiger partial charge in [0.25, 0.3) is 0 Å². The first-order valence-electron chi connectivity index (χ1n) is 7.79. The average molecular weight is 345 g/mol. The number of nitrogens with zero attached hydrogens (tertiary/aromatic N) is 3. The number of hydrogen-bond donors (Lipinski definition) is 1. The van der Waals surface area contributed by atoms with Gasteiger partial charge in [-0.3, -0.25) is 0 Å². The van der Waals surface area contributed by atoms with Gasteiger partial charge in [0.15, 0.2) is 11.6 Å². The quantitative estimate of drug-likeness (QED) is 0.782. The second kappa shape index (κ2) is 6.30. The summed E-state index contributed by atoms with van der Waals surface area (Å²) in [7, 11) is 0. The van der Waals surface area contributed by atoms with Crippen molar-refractivity contribution in [3.05, 3.63) is 52.8 Å². The monoisotopic (exact) mass is 344 g/mol. The van der Waals surface area contributed by atoms with Crippen molar-refractivity contribution < 1.29 is 9.15 Å². The molecule has 0 saturated heterocycles. The minimum atomic E-state index is 0.515. The summed E-state index contributed by atoms with van der Waals surface area (Å²) in [6.07, 6.45) is 0. The zero-order valence-electron chi connectivity index (χ0n) is 13.3. The molecule has 7 heteroatoms. The van der Waals surface area contributed by atoms with E-state index >= 15 is 0 Å². The second-order valence-electron chi connectivity index (χ2n) is 5.69. The molecule has 1 N–H and O–H groups in total. The number of fused-ring (bicyclic) bond motifs is 1. The Morgan fingerprint density at radius 3 is 3.00 bits per heavy atom. The van der Waals surface area contributed by atoms with Crippen molar-refractivity contribution in [1.82, 2.24) is 14.8 Å². The summed E-state index contributed by atoms with van der Waals surface area (Å²) in [6.45, 7) is 4.46. The molecule has 4 rings (SSSR count). The Balaban J connectivity index is 1.60. The van der Waals surface area contributed by atoms with Gasteiger partial charge in [0.1, 0.15) is 18.1 Å². The third kappa shape index (κ3) is 2.90. The van der Waals surface area contributed by atoms with E-state index in [-0.39, 0.29) is 0 Å². The molecule has 24 heavy (non-hydrogen) atoms. The maximum atomic E-state index is 6.17. The topological polar surface area (TPSA) is 65.1 Å². The van der Waals surface area contributed by atoms with E-state index in [1.807, 2.05) is 37.3 Å². The van der Waals surface area contributed by atoms with E-state index in [0.29, 0.717) is 24.8 Å². The molecule has 124 valence electrons. The van der Waals surface area contributed by atoms with E-state index < -0.39 is 0 Å². The minimum absolute atomic E-state index is 0.515. The zero-order chi connectivity index (χ0) is 16.5. The number of hydrogen-bond acceptors (Lipinski definition) is 5. The van der Waals surface area contributed by atoms with Gasteiger partial charge in [-0.1, -0.05) is 11.6 Å². The average Bonchev–Trinajstić information content (AvgIpc) is 3.19. The lowest BCUT2D eigenvalue weighted by atomic mass is 10.1. The fourth-order valence-corrected chi connectivity index (χ4v) is 2.99. The minimum Gasteiger partial charge on any atom is -0.461 e. The van der Waals surface area contributed by atoms with Crippen LogP contribution in [0.1, 0.15) is 17.4 Å². The van der Waals surface area contributed by atoms with Crippen LogP contribution in [0.5, 0.6) is 0 Å². The van der Waals surface area contributed by atoms with Crippen molar-refractivity contribution in [2.24, 2.45) is 0 Å². The summed E-state index contributed by atoms with van der Waals surface area (Å²) < 4.78 is 13.2. The van der Waals surface area contributed by atoms with Gasteiger partial charge in [-0.2, -0.15) is 0 Å². The van der Waals surface area contributed by atoms with Gasteiger partial charge < -0.3 is 19.0 Å². The number of anilines is 1. The largest absolute Gasteiger partial charge is 0.461 e. The van der Waals surface area contributed by atoms with Crippen LogP contribution in [-0.4, -0.2) is 21.4 Å². The van der Waals surface area contributed by atoms with Gasteiger partial charge >= 0.3 is 0 Å². The van der Waals surface area contributed by atoms with Crippen LogP contribution in [0.3, 0.4) is 0 Å². The fourth-order valence-electron chi connectivity index (χ4n) is 2.82. The summed E-state index contributed by atoms with van der Waals surface area (Å²) in [5, 5.41) is 12.5. The van der Waals surface area contributed by atoms with Crippen LogP contribution < -0.4 is 5.32 Å². The van der Waals surface area contributed by atoms with E-state index in [0.717, 1.165) is 41.0 Å². The molecule has 2 aromatic heterocycles. The molecule has 0 amide bonds. The van der Waals surface area contributed by atoms with Gasteiger partial charge in [0, 0.05) is 22.8 Å². The van der Waals surface area contributed by atoms with E-state index in [9.17, 15) is 0 Å². The maximum Gasteiger partial charge on any atom is 0.159 e. The summed E-state index contributed by atoms with van der Waals surface area (Å²) >= 11 is 6.17. The van der Waals surface area contributed by atoms with Crippen molar-refractivity contribution in [3.8, 4) is 11.3 Å². The van der Waals surface area contributed by atoms with Crippen LogP contribution in [0.25, 0.3) is 11.3 Å². The molecule has 1 aromatic carbocycles. The van der Waals surface area contributed by atoms with Gasteiger partial charge in [-0.15, -0.1) is 10.2 Å². The number of halogens is 1. The van der Waals surface area contributed by atoms with Gasteiger partial charge in [-0.25, -0.2) is 0 Å². The van der Waals surface area contributed by atoms with Crippen molar-refractivity contribution >= 4 is 17.3 Å². The molecule has 0 saturated carbocycles. The van der Waals surface area contributed by atoms with Crippen molar-refractivity contribution in [2.75, 3.05) is 11.9 Å². The Labute approximate surface area is 144 Å². The number of rotatable bonds is 4. The Morgan fingerprint density at radius 1 is 1.25 bits per heavy atom. The molecule has 0 atom stereocenters. The molecule has 0 unspecified atom stereocenters. The number of ether oxygens (including phenoxy) is 1. The van der Waals surface area contributed by atoms with E-state index in [2.05, 4.69) is 20.1 Å². The van der Waals surface area contributed by atoms with Gasteiger partial charge in [0.2, 0.25) is 0 Å². The molecule has 0 fully saturated rings. The molecule has 3 heterocycles. The third-order valence-corrected chi connectivity index (χ3v) is 4.25. The molecule has 1 aliphatic heterocycles. The van der Waals surface area contributed by atoms with Crippen LogP contribution >= 0.6 is 11.6 Å². The Hall–Kier alpha value is -2.31. The maximum absolute atomic E-state index is 6.17. The predicted octanol–water partition coefficient (Wildman–Crippen LogP) is 3.64. The summed E-state index contributed by atoms with van der Waals surface area (Å²) in [6, 6.07) is 9.61. The summed E-state index contributed by atoms with van der Waals surface area (Å²) in [5.74, 6) is 3.43. The molecule has 1 aliphatic rings. The van der Waals surface area contributed by atoms with Gasteiger partial charge in [0.05, 0.1) is 13.2 Å². The third-order valence-electron chi connectivity index (χ3n) is 4.02. The van der Waals surface area contributed by atoms with Crippen molar-refractivity contribution in [1.29, 1.82) is 0 Å². The number of aromatic nitrogens is 3. The lowest BCUT2D eigenvalue weighted by molar-refractivity contribution is 0.0807. The first-order valence-corrected chi connectivity index (χ1v) is 8.17.